The van der Waals surface area contributed by atoms with Crippen molar-refractivity contribution in [3.8, 4) is 11.5 Å². The van der Waals surface area contributed by atoms with E-state index in [4.69, 9.17) is 21.1 Å². The van der Waals surface area contributed by atoms with Crippen LogP contribution in [0.1, 0.15) is 27.7 Å². The molecule has 0 aromatic heterocycles. The van der Waals surface area contributed by atoms with Crippen molar-refractivity contribution in [1.82, 2.24) is 5.32 Å². The number of hydrogen-bond donors (Lipinski definition) is 2. The van der Waals surface area contributed by atoms with E-state index in [1.165, 1.54) is 14.2 Å². The molecule has 0 saturated heterocycles. The predicted octanol–water partition coefficient (Wildman–Crippen LogP) is 3.09. The van der Waals surface area contributed by atoms with Gasteiger partial charge in [-0.05, 0) is 19.8 Å². The molecule has 0 aliphatic carbocycles. The van der Waals surface area contributed by atoms with E-state index < -0.39 is 11.3 Å². The second-order valence-electron chi connectivity index (χ2n) is 6.37. The van der Waals surface area contributed by atoms with Crippen molar-refractivity contribution in [2.75, 3.05) is 26.1 Å². The van der Waals surface area contributed by atoms with Gasteiger partial charge in [-0.3, -0.25) is 9.59 Å². The highest BCUT2D eigenvalue weighted by Crippen LogP contribution is 2.36. The van der Waals surface area contributed by atoms with Crippen LogP contribution in [0.25, 0.3) is 0 Å². The van der Waals surface area contributed by atoms with Gasteiger partial charge in [0.25, 0.3) is 0 Å². The van der Waals surface area contributed by atoms with Crippen LogP contribution in [0.2, 0.25) is 5.02 Å². The maximum Gasteiger partial charge on any atom is 0.239 e. The number of ether oxygens (including phenoxy) is 2. The Bertz CT molecular complexity index is 615. The molecular weight excluding hydrogens is 332 g/mol. The quantitative estimate of drug-likeness (QED) is 0.736. The van der Waals surface area contributed by atoms with Crippen LogP contribution in [0.3, 0.4) is 0 Å². The molecule has 0 unspecified atom stereocenters. The Morgan fingerprint density at radius 3 is 2.21 bits per heavy atom. The van der Waals surface area contributed by atoms with E-state index in [9.17, 15) is 9.59 Å². The predicted molar refractivity (Wildman–Crippen MR) is 94.8 cm³/mol. The van der Waals surface area contributed by atoms with Crippen molar-refractivity contribution in [2.24, 2.45) is 11.3 Å². The molecule has 1 rings (SSSR count). The van der Waals surface area contributed by atoms with Gasteiger partial charge in [0.05, 0.1) is 24.9 Å². The van der Waals surface area contributed by atoms with Gasteiger partial charge in [-0.25, -0.2) is 0 Å². The van der Waals surface area contributed by atoms with E-state index in [2.05, 4.69) is 10.6 Å². The average Bonchev–Trinajstić information content (AvgIpc) is 2.53. The Hall–Kier alpha value is -1.95. The van der Waals surface area contributed by atoms with Gasteiger partial charge in [0.2, 0.25) is 11.8 Å². The zero-order valence-corrected chi connectivity index (χ0v) is 15.7. The minimum absolute atomic E-state index is 0.299. The van der Waals surface area contributed by atoms with Gasteiger partial charge < -0.3 is 20.1 Å². The van der Waals surface area contributed by atoms with Crippen molar-refractivity contribution < 1.29 is 19.1 Å². The van der Waals surface area contributed by atoms with E-state index in [1.807, 2.05) is 13.8 Å². The molecule has 0 spiro atoms. The highest BCUT2D eigenvalue weighted by Gasteiger charge is 2.36. The summed E-state index contributed by atoms with van der Waals surface area (Å²) < 4.78 is 10.4. The van der Waals surface area contributed by atoms with E-state index in [0.717, 1.165) is 0 Å². The normalized spacial score (nSPS) is 11.2. The first-order valence-corrected chi connectivity index (χ1v) is 8.02. The molecule has 1 aromatic carbocycles. The first kappa shape index (κ1) is 20.1. The first-order valence-electron chi connectivity index (χ1n) is 7.64. The lowest BCUT2D eigenvalue weighted by Crippen LogP contribution is -2.46. The van der Waals surface area contributed by atoms with E-state index >= 15 is 0 Å². The molecule has 0 fully saturated rings. The summed E-state index contributed by atoms with van der Waals surface area (Å²) in [5.41, 5.74) is -0.860. The zero-order chi connectivity index (χ0) is 18.5. The summed E-state index contributed by atoms with van der Waals surface area (Å²) >= 11 is 6.05. The second-order valence-corrected chi connectivity index (χ2v) is 6.78. The Morgan fingerprint density at radius 2 is 1.71 bits per heavy atom. The smallest absolute Gasteiger partial charge is 0.239 e. The fourth-order valence-corrected chi connectivity index (χ4v) is 2.09. The number of methoxy groups -OCH3 is 2. The summed E-state index contributed by atoms with van der Waals surface area (Å²) in [6, 6.07) is 3.10. The average molecular weight is 357 g/mol. The molecule has 24 heavy (non-hydrogen) atoms. The number of anilines is 1. The van der Waals surface area contributed by atoms with Gasteiger partial charge >= 0.3 is 0 Å². The van der Waals surface area contributed by atoms with Gasteiger partial charge in [0.1, 0.15) is 16.9 Å². The molecule has 0 atom stereocenters. The topological polar surface area (TPSA) is 76.7 Å². The maximum atomic E-state index is 12.6. The molecule has 0 aliphatic heterocycles. The molecule has 134 valence electrons. The molecule has 0 heterocycles. The molecule has 0 aliphatic rings. The van der Waals surface area contributed by atoms with Crippen molar-refractivity contribution in [3.05, 3.63) is 17.2 Å². The number of benzene rings is 1. The molecule has 2 N–H and O–H groups in total. The Kier molecular flexibility index (Phi) is 6.90. The van der Waals surface area contributed by atoms with Crippen LogP contribution in [-0.2, 0) is 9.59 Å². The largest absolute Gasteiger partial charge is 0.495 e. The van der Waals surface area contributed by atoms with Gasteiger partial charge in [0.15, 0.2) is 0 Å². The Morgan fingerprint density at radius 1 is 1.12 bits per heavy atom. The Labute approximate surface area is 147 Å². The third kappa shape index (κ3) is 4.77. The van der Waals surface area contributed by atoms with E-state index in [1.54, 1.807) is 26.0 Å². The molecule has 2 amide bonds. The van der Waals surface area contributed by atoms with Crippen molar-refractivity contribution >= 4 is 29.1 Å². The fourth-order valence-electron chi connectivity index (χ4n) is 1.86. The minimum atomic E-state index is -1.24. The lowest BCUT2D eigenvalue weighted by Gasteiger charge is -2.24. The third-order valence-electron chi connectivity index (χ3n) is 3.53. The molecule has 6 nitrogen and oxygen atoms in total. The molecule has 0 bridgehead atoms. The van der Waals surface area contributed by atoms with E-state index in [0.29, 0.717) is 34.7 Å². The summed E-state index contributed by atoms with van der Waals surface area (Å²) in [7, 11) is 2.94. The monoisotopic (exact) mass is 356 g/mol. The number of carbonyl (C=O) groups is 2. The van der Waals surface area contributed by atoms with E-state index in [-0.39, 0.29) is 5.91 Å². The molecule has 0 saturated carbocycles. The van der Waals surface area contributed by atoms with Gasteiger partial charge in [-0.15, -0.1) is 0 Å². The van der Waals surface area contributed by atoms with Crippen LogP contribution in [-0.4, -0.2) is 32.6 Å². The third-order valence-corrected chi connectivity index (χ3v) is 3.82. The number of amides is 2. The lowest BCUT2D eigenvalue weighted by molar-refractivity contribution is -0.138. The summed E-state index contributed by atoms with van der Waals surface area (Å²) in [5, 5.41) is 5.84. The minimum Gasteiger partial charge on any atom is -0.495 e. The standard InChI is InChI=1S/C17H25ClN2O4/c1-10(2)9-19-15(21)17(3,4)16(22)20-12-8-13(23-5)11(18)7-14(12)24-6/h7-8,10H,9H2,1-6H3,(H,19,21)(H,20,22). The zero-order valence-electron chi connectivity index (χ0n) is 15.0. The summed E-state index contributed by atoms with van der Waals surface area (Å²) in [6.07, 6.45) is 0. The number of nitrogens with one attached hydrogen (secondary N) is 2. The highest BCUT2D eigenvalue weighted by molar-refractivity contribution is 6.32. The number of halogens is 1. The molecular formula is C17H25ClN2O4. The first-order chi connectivity index (χ1) is 11.1. The molecule has 7 heteroatoms. The van der Waals surface area contributed by atoms with Gasteiger partial charge in [-0.2, -0.15) is 0 Å². The molecule has 0 radical (unpaired) electrons. The van der Waals surface area contributed by atoms with Crippen molar-refractivity contribution in [1.29, 1.82) is 0 Å². The van der Waals surface area contributed by atoms with Crippen LogP contribution >= 0.6 is 11.6 Å². The summed E-state index contributed by atoms with van der Waals surface area (Å²) in [6.45, 7) is 7.61. The van der Waals surface area contributed by atoms with Crippen LogP contribution in [0, 0.1) is 11.3 Å². The SMILES string of the molecule is COc1cc(NC(=O)C(C)(C)C(=O)NCC(C)C)c(OC)cc1Cl. The fraction of sp³-hybridized carbons (Fsp3) is 0.529. The van der Waals surface area contributed by atoms with Crippen molar-refractivity contribution in [2.45, 2.75) is 27.7 Å². The van der Waals surface area contributed by atoms with Crippen LogP contribution in [0.5, 0.6) is 11.5 Å². The Balaban J connectivity index is 2.99. The second kappa shape index (κ2) is 8.24. The van der Waals surface area contributed by atoms with Crippen molar-refractivity contribution in [3.63, 3.8) is 0 Å². The molecule has 1 aromatic rings. The lowest BCUT2D eigenvalue weighted by atomic mass is 9.90. The van der Waals surface area contributed by atoms with Crippen LogP contribution in [0.4, 0.5) is 5.69 Å². The number of hydrogen-bond acceptors (Lipinski definition) is 4. The van der Waals surface area contributed by atoms with Gasteiger partial charge in [-0.1, -0.05) is 25.4 Å². The highest BCUT2D eigenvalue weighted by atomic mass is 35.5. The number of carbonyl (C=O) groups excluding carboxylic acids is 2. The maximum absolute atomic E-state index is 12.6. The summed E-state index contributed by atoms with van der Waals surface area (Å²) in [4.78, 5) is 24.9. The van der Waals surface area contributed by atoms with Crippen LogP contribution in [0.15, 0.2) is 12.1 Å². The summed E-state index contributed by atoms with van der Waals surface area (Å²) in [5.74, 6) is 0.288. The van der Waals surface area contributed by atoms with Gasteiger partial charge in [0, 0.05) is 18.7 Å². The number of rotatable bonds is 7. The van der Waals surface area contributed by atoms with Crippen LogP contribution < -0.4 is 20.1 Å².